The minimum absolute atomic E-state index is 0.294. The Morgan fingerprint density at radius 1 is 0.795 bits per heavy atom. The first-order valence-corrected chi connectivity index (χ1v) is 12.3. The predicted molar refractivity (Wildman–Crippen MR) is 146 cm³/mol. The van der Waals surface area contributed by atoms with Crippen LogP contribution in [0.4, 0.5) is 4.39 Å². The number of aromatic amines is 2. The van der Waals surface area contributed by atoms with Crippen LogP contribution in [0.1, 0.15) is 5.56 Å². The molecule has 2 aromatic carbocycles. The van der Waals surface area contributed by atoms with E-state index in [0.717, 1.165) is 49.9 Å². The molecule has 0 saturated carbocycles. The number of hydrogen-bond acceptors (Lipinski definition) is 6. The minimum Gasteiger partial charge on any atom is -0.487 e. The molecule has 0 spiro atoms. The summed E-state index contributed by atoms with van der Waals surface area (Å²) in [5, 5.41) is 8.42. The van der Waals surface area contributed by atoms with E-state index in [9.17, 15) is 4.39 Å². The second-order valence-electron chi connectivity index (χ2n) is 9.05. The van der Waals surface area contributed by atoms with E-state index in [1.165, 1.54) is 12.1 Å². The number of nitrogens with one attached hydrogen (secondary N) is 2. The zero-order chi connectivity index (χ0) is 26.2. The van der Waals surface area contributed by atoms with Gasteiger partial charge < -0.3 is 9.72 Å². The molecule has 0 fully saturated rings. The molecule has 0 atom stereocenters. The average molecular weight is 514 g/mol. The Morgan fingerprint density at radius 3 is 2.51 bits per heavy atom. The molecule has 8 nitrogen and oxygen atoms in total. The lowest BCUT2D eigenvalue weighted by Gasteiger charge is -2.08. The molecule has 5 aromatic heterocycles. The molecule has 9 heteroatoms. The monoisotopic (exact) mass is 513 g/mol. The quantitative estimate of drug-likeness (QED) is 0.269. The molecular formula is C30H20FN7O. The van der Waals surface area contributed by atoms with Crippen molar-refractivity contribution in [1.29, 1.82) is 0 Å². The van der Waals surface area contributed by atoms with Crippen molar-refractivity contribution < 1.29 is 9.13 Å². The van der Waals surface area contributed by atoms with Crippen molar-refractivity contribution in [1.82, 2.24) is 35.1 Å². The van der Waals surface area contributed by atoms with Gasteiger partial charge in [0.15, 0.2) is 5.82 Å². The van der Waals surface area contributed by atoms with Gasteiger partial charge in [0, 0.05) is 28.9 Å². The lowest BCUT2D eigenvalue weighted by atomic mass is 10.1. The van der Waals surface area contributed by atoms with E-state index in [1.807, 2.05) is 42.5 Å². The Hall–Kier alpha value is -5.44. The van der Waals surface area contributed by atoms with E-state index in [2.05, 4.69) is 30.1 Å². The van der Waals surface area contributed by atoms with Crippen LogP contribution in [0.3, 0.4) is 0 Å². The highest BCUT2D eigenvalue weighted by atomic mass is 19.1. The largest absolute Gasteiger partial charge is 0.487 e. The van der Waals surface area contributed by atoms with Gasteiger partial charge in [-0.05, 0) is 35.4 Å². The molecule has 0 amide bonds. The number of aromatic nitrogens is 7. The van der Waals surface area contributed by atoms with Gasteiger partial charge in [-0.2, -0.15) is 5.10 Å². The van der Waals surface area contributed by atoms with Crippen LogP contribution in [0, 0.1) is 5.82 Å². The summed E-state index contributed by atoms with van der Waals surface area (Å²) in [7, 11) is 0. The van der Waals surface area contributed by atoms with E-state index in [-0.39, 0.29) is 5.82 Å². The van der Waals surface area contributed by atoms with E-state index < -0.39 is 0 Å². The molecule has 0 aliphatic rings. The van der Waals surface area contributed by atoms with Gasteiger partial charge in [0.25, 0.3) is 0 Å². The van der Waals surface area contributed by atoms with E-state index in [4.69, 9.17) is 9.72 Å². The standard InChI is InChI=1S/C30H20FN7O/c31-21-8-6-19(7-9-21)24-14-33-15-27-28(24)36-30(35-27)29-23-11-25(34-16-26(23)37-38-29)20-10-22(13-32-12-20)39-17-18-4-2-1-3-5-18/h1-16H,17H2,(H,35,36)(H,37,38). The molecule has 0 unspecified atom stereocenters. The normalized spacial score (nSPS) is 11.3. The van der Waals surface area contributed by atoms with Crippen LogP contribution < -0.4 is 4.74 Å². The van der Waals surface area contributed by atoms with E-state index >= 15 is 0 Å². The number of hydrogen-bond donors (Lipinski definition) is 2. The van der Waals surface area contributed by atoms with Crippen LogP contribution in [0.15, 0.2) is 97.7 Å². The Kier molecular flexibility index (Phi) is 5.51. The lowest BCUT2D eigenvalue weighted by Crippen LogP contribution is -1.96. The van der Waals surface area contributed by atoms with Crippen LogP contribution in [0.25, 0.3) is 55.8 Å². The fourth-order valence-electron chi connectivity index (χ4n) is 4.52. The van der Waals surface area contributed by atoms with Crippen LogP contribution in [0.2, 0.25) is 0 Å². The summed E-state index contributed by atoms with van der Waals surface area (Å²) in [6, 6.07) is 20.1. The topological polar surface area (TPSA) is 105 Å². The maximum atomic E-state index is 13.5. The molecule has 0 aliphatic carbocycles. The third-order valence-electron chi connectivity index (χ3n) is 6.48. The van der Waals surface area contributed by atoms with Gasteiger partial charge in [0.2, 0.25) is 0 Å². The van der Waals surface area contributed by atoms with Gasteiger partial charge in [-0.25, -0.2) is 9.37 Å². The zero-order valence-electron chi connectivity index (χ0n) is 20.5. The molecule has 7 rings (SSSR count). The smallest absolute Gasteiger partial charge is 0.159 e. The van der Waals surface area contributed by atoms with Gasteiger partial charge in [-0.15, -0.1) is 0 Å². The molecule has 0 radical (unpaired) electrons. The fourth-order valence-corrected chi connectivity index (χ4v) is 4.52. The predicted octanol–water partition coefficient (Wildman–Crippen LogP) is 6.34. The van der Waals surface area contributed by atoms with Crippen molar-refractivity contribution >= 4 is 21.9 Å². The Bertz CT molecular complexity index is 1930. The summed E-state index contributed by atoms with van der Waals surface area (Å²) in [6.45, 7) is 0.450. The van der Waals surface area contributed by atoms with Crippen LogP contribution in [-0.2, 0) is 6.61 Å². The zero-order valence-corrected chi connectivity index (χ0v) is 20.5. The van der Waals surface area contributed by atoms with Crippen molar-refractivity contribution in [3.63, 3.8) is 0 Å². The second kappa shape index (κ2) is 9.46. The molecule has 0 saturated heterocycles. The summed E-state index contributed by atoms with van der Waals surface area (Å²) < 4.78 is 19.4. The van der Waals surface area contributed by atoms with Crippen molar-refractivity contribution in [2.24, 2.45) is 0 Å². The summed E-state index contributed by atoms with van der Waals surface area (Å²) in [5.74, 6) is 0.948. The van der Waals surface area contributed by atoms with E-state index in [0.29, 0.717) is 23.9 Å². The maximum absolute atomic E-state index is 13.5. The first-order chi connectivity index (χ1) is 19.2. The molecule has 188 valence electrons. The lowest BCUT2D eigenvalue weighted by molar-refractivity contribution is 0.305. The molecule has 7 aromatic rings. The third-order valence-corrected chi connectivity index (χ3v) is 6.48. The number of halogens is 1. The van der Waals surface area contributed by atoms with Crippen molar-refractivity contribution in [2.75, 3.05) is 0 Å². The summed E-state index contributed by atoms with van der Waals surface area (Å²) in [4.78, 5) is 21.5. The van der Waals surface area contributed by atoms with Gasteiger partial charge >= 0.3 is 0 Å². The molecular weight excluding hydrogens is 493 g/mol. The number of benzene rings is 2. The van der Waals surface area contributed by atoms with Crippen LogP contribution >= 0.6 is 0 Å². The van der Waals surface area contributed by atoms with Crippen molar-refractivity contribution in [3.05, 3.63) is 109 Å². The number of H-pyrrole nitrogens is 2. The SMILES string of the molecule is Fc1ccc(-c2cncc3[nH]c(-c4n[nH]c5cnc(-c6cncc(OCc7ccccc7)c6)cc45)nc23)cc1. The molecule has 0 aliphatic heterocycles. The summed E-state index contributed by atoms with van der Waals surface area (Å²) >= 11 is 0. The number of fused-ring (bicyclic) bond motifs is 2. The highest BCUT2D eigenvalue weighted by Crippen LogP contribution is 2.32. The molecule has 0 bridgehead atoms. The molecule has 2 N–H and O–H groups in total. The second-order valence-corrected chi connectivity index (χ2v) is 9.05. The number of imidazole rings is 1. The van der Waals surface area contributed by atoms with Crippen LogP contribution in [-0.4, -0.2) is 35.1 Å². The van der Waals surface area contributed by atoms with Crippen molar-refractivity contribution in [2.45, 2.75) is 6.61 Å². The van der Waals surface area contributed by atoms with Crippen molar-refractivity contribution in [3.8, 4) is 39.7 Å². The number of nitrogens with zero attached hydrogens (tertiary/aromatic N) is 5. The minimum atomic E-state index is -0.294. The number of ether oxygens (including phenoxy) is 1. The highest BCUT2D eigenvalue weighted by Gasteiger charge is 2.17. The first kappa shape index (κ1) is 22.7. The Labute approximate surface area is 221 Å². The average Bonchev–Trinajstić information content (AvgIpc) is 3.61. The highest BCUT2D eigenvalue weighted by molar-refractivity contribution is 5.97. The summed E-state index contributed by atoms with van der Waals surface area (Å²) in [6.07, 6.45) is 8.63. The van der Waals surface area contributed by atoms with Crippen LogP contribution in [0.5, 0.6) is 5.75 Å². The molecule has 39 heavy (non-hydrogen) atoms. The maximum Gasteiger partial charge on any atom is 0.159 e. The Balaban J connectivity index is 1.24. The van der Waals surface area contributed by atoms with Gasteiger partial charge in [-0.1, -0.05) is 42.5 Å². The van der Waals surface area contributed by atoms with Gasteiger partial charge in [-0.3, -0.25) is 20.1 Å². The fraction of sp³-hybridized carbons (Fsp3) is 0.0333. The summed E-state index contributed by atoms with van der Waals surface area (Å²) in [5.41, 5.74) is 7.16. The number of pyridine rings is 3. The van der Waals surface area contributed by atoms with Gasteiger partial charge in [0.05, 0.1) is 40.8 Å². The van der Waals surface area contributed by atoms with E-state index in [1.54, 1.807) is 43.1 Å². The first-order valence-electron chi connectivity index (χ1n) is 12.3. The number of rotatable bonds is 6. The Morgan fingerprint density at radius 2 is 1.64 bits per heavy atom. The third kappa shape index (κ3) is 4.36. The molecule has 5 heterocycles. The van der Waals surface area contributed by atoms with Gasteiger partial charge in [0.1, 0.15) is 23.9 Å².